The lowest BCUT2D eigenvalue weighted by Crippen LogP contribution is -2.13. The maximum absolute atomic E-state index is 13.9. The van der Waals surface area contributed by atoms with Crippen molar-refractivity contribution in [2.75, 3.05) is 0 Å². The van der Waals surface area contributed by atoms with Crippen molar-refractivity contribution in [3.8, 4) is 0 Å². The summed E-state index contributed by atoms with van der Waals surface area (Å²) >= 11 is 0. The van der Waals surface area contributed by atoms with Crippen LogP contribution in [0.25, 0.3) is 0 Å². The molecular weight excluding hydrogens is 271 g/mol. The lowest BCUT2D eigenvalue weighted by Gasteiger charge is -2.14. The summed E-state index contributed by atoms with van der Waals surface area (Å²) in [6, 6.07) is 14.1. The van der Waals surface area contributed by atoms with Crippen molar-refractivity contribution in [1.82, 2.24) is 0 Å². The number of halogens is 1. The van der Waals surface area contributed by atoms with Crippen molar-refractivity contribution < 1.29 is 14.3 Å². The molecular formula is C16H17FN2O2. The van der Waals surface area contributed by atoms with Crippen molar-refractivity contribution in [2.24, 2.45) is 10.9 Å². The predicted molar refractivity (Wildman–Crippen MR) is 78.6 cm³/mol. The van der Waals surface area contributed by atoms with E-state index in [0.717, 1.165) is 5.56 Å². The van der Waals surface area contributed by atoms with Crippen LogP contribution in [0.4, 0.5) is 4.39 Å². The minimum atomic E-state index is -0.445. The highest BCUT2D eigenvalue weighted by atomic mass is 19.1. The van der Waals surface area contributed by atoms with Gasteiger partial charge in [-0.1, -0.05) is 47.6 Å². The Morgan fingerprint density at radius 1 is 1.29 bits per heavy atom. The fourth-order valence-corrected chi connectivity index (χ4v) is 1.92. The first-order chi connectivity index (χ1) is 10.1. The van der Waals surface area contributed by atoms with Crippen LogP contribution < -0.4 is 5.73 Å². The lowest BCUT2D eigenvalue weighted by molar-refractivity contribution is 0.0509. The summed E-state index contributed by atoms with van der Waals surface area (Å²) in [5.41, 5.74) is 7.20. The molecule has 0 aliphatic carbocycles. The Bertz CT molecular complexity index is 629. The molecule has 3 N–H and O–H groups in total. The molecule has 0 aliphatic rings. The van der Waals surface area contributed by atoms with Crippen LogP contribution in [0, 0.1) is 5.82 Å². The first-order valence-corrected chi connectivity index (χ1v) is 6.54. The molecule has 0 fully saturated rings. The van der Waals surface area contributed by atoms with E-state index in [1.807, 2.05) is 37.3 Å². The van der Waals surface area contributed by atoms with Crippen LogP contribution in [0.1, 0.15) is 29.7 Å². The highest BCUT2D eigenvalue weighted by Crippen LogP contribution is 2.19. The number of amidine groups is 1. The number of benzene rings is 2. The van der Waals surface area contributed by atoms with E-state index in [4.69, 9.17) is 15.7 Å². The van der Waals surface area contributed by atoms with Crippen LogP contribution in [0.2, 0.25) is 0 Å². The van der Waals surface area contributed by atoms with Gasteiger partial charge in [0.25, 0.3) is 0 Å². The van der Waals surface area contributed by atoms with Gasteiger partial charge in [0.05, 0.1) is 12.7 Å². The third kappa shape index (κ3) is 3.79. The summed E-state index contributed by atoms with van der Waals surface area (Å²) in [7, 11) is 0. The third-order valence-corrected chi connectivity index (χ3v) is 3.21. The van der Waals surface area contributed by atoms with E-state index >= 15 is 0 Å². The second kappa shape index (κ2) is 6.85. The van der Waals surface area contributed by atoms with Gasteiger partial charge in [0.15, 0.2) is 5.84 Å². The molecule has 2 aromatic rings. The number of ether oxygens (including phenoxy) is 1. The van der Waals surface area contributed by atoms with Crippen molar-refractivity contribution in [3.63, 3.8) is 0 Å². The largest absolute Gasteiger partial charge is 0.409 e. The van der Waals surface area contributed by atoms with Crippen LogP contribution in [0.5, 0.6) is 0 Å². The molecule has 1 atom stereocenters. The third-order valence-electron chi connectivity index (χ3n) is 3.21. The molecule has 0 amide bonds. The molecule has 110 valence electrons. The second-order valence-corrected chi connectivity index (χ2v) is 4.66. The van der Waals surface area contributed by atoms with Gasteiger partial charge in [-0.15, -0.1) is 0 Å². The first kappa shape index (κ1) is 15.0. The van der Waals surface area contributed by atoms with Gasteiger partial charge in [-0.05, 0) is 18.6 Å². The maximum atomic E-state index is 13.9. The molecule has 4 nitrogen and oxygen atoms in total. The molecule has 0 aliphatic heterocycles. The fraction of sp³-hybridized carbons (Fsp3) is 0.188. The standard InChI is InChI=1S/C16H17FN2O2/c1-11(12-5-3-2-4-6-12)21-10-14-8-7-13(9-15(14)17)16(18)19-20/h2-9,11,20H,10H2,1H3,(H2,18,19). The zero-order chi connectivity index (χ0) is 15.2. The van der Waals surface area contributed by atoms with Gasteiger partial charge in [-0.2, -0.15) is 0 Å². The SMILES string of the molecule is CC(OCc1ccc(/C(N)=N/O)cc1F)c1ccccc1. The van der Waals surface area contributed by atoms with Crippen molar-refractivity contribution in [3.05, 3.63) is 71.0 Å². The Kier molecular flexibility index (Phi) is 4.90. The van der Waals surface area contributed by atoms with Crippen molar-refractivity contribution >= 4 is 5.84 Å². The Hall–Kier alpha value is -2.40. The minimum Gasteiger partial charge on any atom is -0.409 e. The van der Waals surface area contributed by atoms with Crippen LogP contribution in [0.15, 0.2) is 53.7 Å². The zero-order valence-electron chi connectivity index (χ0n) is 11.7. The van der Waals surface area contributed by atoms with Crippen LogP contribution in [-0.4, -0.2) is 11.0 Å². The van der Waals surface area contributed by atoms with Gasteiger partial charge in [-0.25, -0.2) is 4.39 Å². The van der Waals surface area contributed by atoms with E-state index in [2.05, 4.69) is 5.16 Å². The molecule has 0 spiro atoms. The van der Waals surface area contributed by atoms with Crippen LogP contribution >= 0.6 is 0 Å². The van der Waals surface area contributed by atoms with Crippen molar-refractivity contribution in [1.29, 1.82) is 0 Å². The number of oxime groups is 1. The van der Waals surface area contributed by atoms with Gasteiger partial charge in [-0.3, -0.25) is 0 Å². The molecule has 5 heteroatoms. The predicted octanol–water partition coefficient (Wildman–Crippen LogP) is 3.20. The van der Waals surface area contributed by atoms with E-state index in [1.165, 1.54) is 6.07 Å². The summed E-state index contributed by atoms with van der Waals surface area (Å²) in [6.45, 7) is 2.07. The van der Waals surface area contributed by atoms with Crippen LogP contribution in [0.3, 0.4) is 0 Å². The maximum Gasteiger partial charge on any atom is 0.170 e. The summed E-state index contributed by atoms with van der Waals surface area (Å²) in [5, 5.41) is 11.4. The molecule has 0 saturated heterocycles. The molecule has 2 aromatic carbocycles. The van der Waals surface area contributed by atoms with Gasteiger partial charge in [0.1, 0.15) is 5.82 Å². The highest BCUT2D eigenvalue weighted by Gasteiger charge is 2.10. The molecule has 0 saturated carbocycles. The number of rotatable bonds is 5. The summed E-state index contributed by atoms with van der Waals surface area (Å²) in [6.07, 6.45) is -0.130. The molecule has 0 bridgehead atoms. The highest BCUT2D eigenvalue weighted by molar-refractivity contribution is 5.97. The van der Waals surface area contributed by atoms with Gasteiger partial charge in [0.2, 0.25) is 0 Å². The summed E-state index contributed by atoms with van der Waals surface area (Å²) in [5.74, 6) is -0.571. The number of hydrogen-bond acceptors (Lipinski definition) is 3. The average Bonchev–Trinajstić information content (AvgIpc) is 2.53. The molecule has 0 radical (unpaired) electrons. The molecule has 0 aromatic heterocycles. The van der Waals surface area contributed by atoms with E-state index in [1.54, 1.807) is 12.1 Å². The van der Waals surface area contributed by atoms with Crippen LogP contribution in [-0.2, 0) is 11.3 Å². The first-order valence-electron chi connectivity index (χ1n) is 6.54. The summed E-state index contributed by atoms with van der Waals surface area (Å²) < 4.78 is 19.6. The van der Waals surface area contributed by atoms with E-state index in [0.29, 0.717) is 11.1 Å². The van der Waals surface area contributed by atoms with Gasteiger partial charge >= 0.3 is 0 Å². The molecule has 0 heterocycles. The Labute approximate surface area is 122 Å². The number of hydrogen-bond donors (Lipinski definition) is 2. The van der Waals surface area contributed by atoms with Gasteiger partial charge < -0.3 is 15.7 Å². The minimum absolute atomic E-state index is 0.126. The lowest BCUT2D eigenvalue weighted by atomic mass is 10.1. The average molecular weight is 288 g/mol. The monoisotopic (exact) mass is 288 g/mol. The second-order valence-electron chi connectivity index (χ2n) is 4.66. The molecule has 2 rings (SSSR count). The number of nitrogens with zero attached hydrogens (tertiary/aromatic N) is 1. The molecule has 1 unspecified atom stereocenters. The zero-order valence-corrected chi connectivity index (χ0v) is 11.7. The Balaban J connectivity index is 2.04. The molecule has 21 heavy (non-hydrogen) atoms. The number of nitrogens with two attached hydrogens (primary N) is 1. The smallest absolute Gasteiger partial charge is 0.170 e. The van der Waals surface area contributed by atoms with E-state index in [9.17, 15) is 4.39 Å². The van der Waals surface area contributed by atoms with Gasteiger partial charge in [0, 0.05) is 11.1 Å². The van der Waals surface area contributed by atoms with Crippen molar-refractivity contribution in [2.45, 2.75) is 19.6 Å². The topological polar surface area (TPSA) is 67.8 Å². The van der Waals surface area contributed by atoms with E-state index in [-0.39, 0.29) is 18.5 Å². The fourth-order valence-electron chi connectivity index (χ4n) is 1.92. The normalized spacial score (nSPS) is 13.1. The summed E-state index contributed by atoms with van der Waals surface area (Å²) in [4.78, 5) is 0. The van der Waals surface area contributed by atoms with E-state index < -0.39 is 5.82 Å². The quantitative estimate of drug-likeness (QED) is 0.384. The Morgan fingerprint density at radius 2 is 2.00 bits per heavy atom. The Morgan fingerprint density at radius 3 is 2.62 bits per heavy atom.